The summed E-state index contributed by atoms with van der Waals surface area (Å²) in [5, 5.41) is 3.92. The van der Waals surface area contributed by atoms with Gasteiger partial charge in [0.05, 0.1) is 10.6 Å². The molecule has 0 bridgehead atoms. The van der Waals surface area contributed by atoms with E-state index in [2.05, 4.69) is 17.1 Å². The molecule has 3 N–H and O–H groups in total. The second-order valence-electron chi connectivity index (χ2n) is 5.67. The van der Waals surface area contributed by atoms with Gasteiger partial charge >= 0.3 is 0 Å². The van der Waals surface area contributed by atoms with Crippen molar-refractivity contribution in [2.45, 2.75) is 38.6 Å². The third kappa shape index (κ3) is 4.61. The summed E-state index contributed by atoms with van der Waals surface area (Å²) in [4.78, 5) is 13.9. The standard InChI is InChI=1S/C16H24ClN3O/c1-2-8-20-9-3-4-12(7-10-20)19-13-5-6-15(17)14(11-13)16(18)21/h5-6,11-12,19H,2-4,7-10H2,1H3,(H2,18,21). The molecule has 21 heavy (non-hydrogen) atoms. The number of carbonyl (C=O) groups excluding carboxylic acids is 1. The largest absolute Gasteiger partial charge is 0.382 e. The molecule has 0 aliphatic carbocycles. The van der Waals surface area contributed by atoms with Crippen LogP contribution in [0.4, 0.5) is 5.69 Å². The molecule has 2 rings (SSSR count). The van der Waals surface area contributed by atoms with Gasteiger partial charge in [-0.05, 0) is 57.0 Å². The maximum absolute atomic E-state index is 11.3. The Hall–Kier alpha value is -1.26. The zero-order valence-electron chi connectivity index (χ0n) is 12.6. The molecule has 1 atom stereocenters. The van der Waals surface area contributed by atoms with E-state index in [1.807, 2.05) is 6.07 Å². The Morgan fingerprint density at radius 1 is 1.43 bits per heavy atom. The summed E-state index contributed by atoms with van der Waals surface area (Å²) in [6, 6.07) is 5.82. The average Bonchev–Trinajstić information content (AvgIpc) is 2.67. The van der Waals surface area contributed by atoms with E-state index < -0.39 is 5.91 Å². The first kappa shape index (κ1) is 16.1. The van der Waals surface area contributed by atoms with Crippen LogP contribution in [0.15, 0.2) is 18.2 Å². The quantitative estimate of drug-likeness (QED) is 0.878. The minimum absolute atomic E-state index is 0.378. The molecular weight excluding hydrogens is 286 g/mol. The summed E-state index contributed by atoms with van der Waals surface area (Å²) in [7, 11) is 0. The highest BCUT2D eigenvalue weighted by Gasteiger charge is 2.17. The molecule has 1 aliphatic rings. The molecule has 1 amide bonds. The number of rotatable bonds is 5. The van der Waals surface area contributed by atoms with Crippen molar-refractivity contribution in [3.63, 3.8) is 0 Å². The van der Waals surface area contributed by atoms with E-state index in [0.29, 0.717) is 16.6 Å². The van der Waals surface area contributed by atoms with Crippen LogP contribution in [-0.2, 0) is 0 Å². The number of benzene rings is 1. The molecule has 1 aliphatic heterocycles. The fraction of sp³-hybridized carbons (Fsp3) is 0.562. The number of halogens is 1. The Balaban J connectivity index is 1.98. The van der Waals surface area contributed by atoms with Crippen molar-refractivity contribution < 1.29 is 4.79 Å². The summed E-state index contributed by atoms with van der Waals surface area (Å²) in [6.45, 7) is 5.71. The molecule has 5 heteroatoms. The Morgan fingerprint density at radius 2 is 2.24 bits per heavy atom. The zero-order valence-corrected chi connectivity index (χ0v) is 13.3. The van der Waals surface area contributed by atoms with Gasteiger partial charge in [-0.2, -0.15) is 0 Å². The predicted octanol–water partition coefficient (Wildman–Crippen LogP) is 3.12. The van der Waals surface area contributed by atoms with Gasteiger partial charge in [0.25, 0.3) is 0 Å². The Morgan fingerprint density at radius 3 is 2.95 bits per heavy atom. The minimum Gasteiger partial charge on any atom is -0.382 e. The molecule has 1 aromatic rings. The van der Waals surface area contributed by atoms with Gasteiger partial charge in [0.2, 0.25) is 5.91 Å². The van der Waals surface area contributed by atoms with Crippen molar-refractivity contribution in [3.05, 3.63) is 28.8 Å². The number of hydrogen-bond acceptors (Lipinski definition) is 3. The second kappa shape index (κ2) is 7.66. The number of nitrogens with one attached hydrogen (secondary N) is 1. The molecule has 0 radical (unpaired) electrons. The number of likely N-dealkylation sites (tertiary alicyclic amines) is 1. The molecule has 1 fully saturated rings. The molecule has 0 spiro atoms. The van der Waals surface area contributed by atoms with Gasteiger partial charge in [-0.25, -0.2) is 0 Å². The normalized spacial score (nSPS) is 20.0. The SMILES string of the molecule is CCCN1CCCC(Nc2ccc(Cl)c(C(N)=O)c2)CC1. The molecule has 116 valence electrons. The number of carbonyl (C=O) groups is 1. The van der Waals surface area contributed by atoms with Gasteiger partial charge < -0.3 is 16.0 Å². The monoisotopic (exact) mass is 309 g/mol. The highest BCUT2D eigenvalue weighted by molar-refractivity contribution is 6.33. The topological polar surface area (TPSA) is 58.4 Å². The molecule has 0 saturated carbocycles. The van der Waals surface area contributed by atoms with E-state index >= 15 is 0 Å². The van der Waals surface area contributed by atoms with Crippen LogP contribution in [-0.4, -0.2) is 36.5 Å². The first-order chi connectivity index (χ1) is 10.1. The predicted molar refractivity (Wildman–Crippen MR) is 88.0 cm³/mol. The number of amides is 1. The maximum atomic E-state index is 11.3. The summed E-state index contributed by atoms with van der Waals surface area (Å²) in [5.74, 6) is -0.487. The minimum atomic E-state index is -0.487. The lowest BCUT2D eigenvalue weighted by atomic mass is 10.1. The fourth-order valence-corrected chi connectivity index (χ4v) is 3.09. The van der Waals surface area contributed by atoms with E-state index in [0.717, 1.165) is 25.1 Å². The van der Waals surface area contributed by atoms with E-state index in [1.165, 1.54) is 25.9 Å². The summed E-state index contributed by atoms with van der Waals surface area (Å²) >= 11 is 5.98. The third-order valence-corrected chi connectivity index (χ3v) is 4.29. The van der Waals surface area contributed by atoms with Crippen LogP contribution in [0.2, 0.25) is 5.02 Å². The van der Waals surface area contributed by atoms with Crippen molar-refractivity contribution >= 4 is 23.2 Å². The maximum Gasteiger partial charge on any atom is 0.250 e. The molecular formula is C16H24ClN3O. The Kier molecular flexibility index (Phi) is 5.88. The van der Waals surface area contributed by atoms with Crippen LogP contribution >= 0.6 is 11.6 Å². The molecule has 0 aromatic heterocycles. The molecule has 1 heterocycles. The van der Waals surface area contributed by atoms with Gasteiger partial charge in [0.15, 0.2) is 0 Å². The van der Waals surface area contributed by atoms with E-state index in [1.54, 1.807) is 12.1 Å². The summed E-state index contributed by atoms with van der Waals surface area (Å²) in [5.41, 5.74) is 6.63. The Bertz CT molecular complexity index is 492. The van der Waals surface area contributed by atoms with Crippen molar-refractivity contribution in [3.8, 4) is 0 Å². The van der Waals surface area contributed by atoms with Crippen LogP contribution in [0.5, 0.6) is 0 Å². The summed E-state index contributed by atoms with van der Waals surface area (Å²) in [6.07, 6.45) is 4.68. The van der Waals surface area contributed by atoms with Crippen LogP contribution in [0.3, 0.4) is 0 Å². The fourth-order valence-electron chi connectivity index (χ4n) is 2.88. The van der Waals surface area contributed by atoms with Gasteiger partial charge in [0, 0.05) is 18.3 Å². The highest BCUT2D eigenvalue weighted by atomic mass is 35.5. The van der Waals surface area contributed by atoms with Crippen LogP contribution in [0, 0.1) is 0 Å². The number of anilines is 1. The van der Waals surface area contributed by atoms with Crippen molar-refractivity contribution in [1.82, 2.24) is 4.90 Å². The van der Waals surface area contributed by atoms with Crippen LogP contribution in [0.25, 0.3) is 0 Å². The zero-order chi connectivity index (χ0) is 15.2. The van der Waals surface area contributed by atoms with Gasteiger partial charge in [0.1, 0.15) is 0 Å². The average molecular weight is 310 g/mol. The molecule has 4 nitrogen and oxygen atoms in total. The van der Waals surface area contributed by atoms with E-state index in [9.17, 15) is 4.79 Å². The molecule has 1 saturated heterocycles. The van der Waals surface area contributed by atoms with E-state index in [4.69, 9.17) is 17.3 Å². The van der Waals surface area contributed by atoms with Gasteiger partial charge in [-0.1, -0.05) is 18.5 Å². The first-order valence-electron chi connectivity index (χ1n) is 7.68. The highest BCUT2D eigenvalue weighted by Crippen LogP contribution is 2.22. The third-order valence-electron chi connectivity index (χ3n) is 3.96. The number of hydrogen-bond donors (Lipinski definition) is 2. The lowest BCUT2D eigenvalue weighted by Crippen LogP contribution is -2.27. The van der Waals surface area contributed by atoms with Crippen molar-refractivity contribution in [2.75, 3.05) is 25.0 Å². The van der Waals surface area contributed by atoms with Crippen LogP contribution < -0.4 is 11.1 Å². The van der Waals surface area contributed by atoms with Gasteiger partial charge in [-0.3, -0.25) is 4.79 Å². The van der Waals surface area contributed by atoms with Crippen LogP contribution in [0.1, 0.15) is 43.0 Å². The van der Waals surface area contributed by atoms with Gasteiger partial charge in [-0.15, -0.1) is 0 Å². The summed E-state index contributed by atoms with van der Waals surface area (Å²) < 4.78 is 0. The Labute approximate surface area is 131 Å². The van der Waals surface area contributed by atoms with E-state index in [-0.39, 0.29) is 0 Å². The second-order valence-corrected chi connectivity index (χ2v) is 6.08. The smallest absolute Gasteiger partial charge is 0.250 e. The molecule has 1 unspecified atom stereocenters. The number of primary amides is 1. The van der Waals surface area contributed by atoms with Crippen molar-refractivity contribution in [2.24, 2.45) is 5.73 Å². The molecule has 1 aromatic carbocycles. The van der Waals surface area contributed by atoms with Crippen molar-refractivity contribution in [1.29, 1.82) is 0 Å². The lowest BCUT2D eigenvalue weighted by molar-refractivity contribution is 0.100. The number of nitrogens with two attached hydrogens (primary N) is 1. The lowest BCUT2D eigenvalue weighted by Gasteiger charge is -2.20. The number of nitrogens with zero attached hydrogens (tertiary/aromatic N) is 1. The first-order valence-corrected chi connectivity index (χ1v) is 8.06.